The number of aromatic nitrogens is 2. The minimum Gasteiger partial charge on any atom is -0.493 e. The van der Waals surface area contributed by atoms with E-state index in [0.717, 1.165) is 18.7 Å². The van der Waals surface area contributed by atoms with Crippen molar-refractivity contribution >= 4 is 23.2 Å². The van der Waals surface area contributed by atoms with Crippen LogP contribution in [0.2, 0.25) is 0 Å². The second kappa shape index (κ2) is 7.56. The van der Waals surface area contributed by atoms with E-state index < -0.39 is 0 Å². The van der Waals surface area contributed by atoms with Crippen LogP contribution in [-0.2, 0) is 6.42 Å². The Morgan fingerprint density at radius 1 is 1.07 bits per heavy atom. The van der Waals surface area contributed by atoms with E-state index >= 15 is 0 Å². The molecule has 28 heavy (non-hydrogen) atoms. The number of nitrogens with zero attached hydrogens (tertiary/aromatic N) is 3. The van der Waals surface area contributed by atoms with Crippen LogP contribution in [0.3, 0.4) is 0 Å². The van der Waals surface area contributed by atoms with Gasteiger partial charge in [0, 0.05) is 30.2 Å². The quantitative estimate of drug-likeness (QED) is 0.735. The smallest absolute Gasteiger partial charge is 0.274 e. The molecule has 1 aliphatic heterocycles. The largest absolute Gasteiger partial charge is 0.493 e. The molecule has 0 aliphatic carbocycles. The van der Waals surface area contributed by atoms with Crippen LogP contribution in [-0.4, -0.2) is 36.6 Å². The molecular weight excluding hydrogens is 356 g/mol. The number of para-hydroxylation sites is 1. The topological polar surface area (TPSA) is 76.6 Å². The normalized spacial score (nSPS) is 12.4. The molecule has 0 bridgehead atoms. The highest BCUT2D eigenvalue weighted by Crippen LogP contribution is 2.32. The van der Waals surface area contributed by atoms with Gasteiger partial charge in [-0.1, -0.05) is 18.2 Å². The van der Waals surface area contributed by atoms with E-state index in [9.17, 15) is 4.79 Å². The number of hydrogen-bond acceptors (Lipinski definition) is 6. The molecule has 1 amide bonds. The van der Waals surface area contributed by atoms with Gasteiger partial charge in [-0.15, -0.1) is 0 Å². The maximum absolute atomic E-state index is 12.7. The molecule has 0 saturated heterocycles. The first-order valence-corrected chi connectivity index (χ1v) is 8.91. The van der Waals surface area contributed by atoms with Gasteiger partial charge in [-0.2, -0.15) is 0 Å². The minimum atomic E-state index is -0.316. The lowest BCUT2D eigenvalue weighted by molar-refractivity contribution is 0.102. The fraction of sp³-hybridized carbons (Fsp3) is 0.190. The SMILES string of the molecule is COc1ccc(NC(=O)c2ccnc(N3CCc4ccccc43)n2)cc1OC. The molecule has 4 rings (SSSR count). The van der Waals surface area contributed by atoms with Crippen molar-refractivity contribution in [3.8, 4) is 11.5 Å². The Bertz CT molecular complexity index is 1020. The number of amides is 1. The second-order valence-electron chi connectivity index (χ2n) is 6.30. The molecule has 2 heterocycles. The van der Waals surface area contributed by atoms with Crippen molar-refractivity contribution in [3.05, 3.63) is 66.0 Å². The summed E-state index contributed by atoms with van der Waals surface area (Å²) in [7, 11) is 3.11. The third kappa shape index (κ3) is 3.34. The molecule has 1 aromatic heterocycles. The molecule has 0 atom stereocenters. The Morgan fingerprint density at radius 2 is 1.89 bits per heavy atom. The Labute approximate surface area is 163 Å². The van der Waals surface area contributed by atoms with Crippen LogP contribution in [0.5, 0.6) is 11.5 Å². The minimum absolute atomic E-state index is 0.296. The Balaban J connectivity index is 1.56. The third-order valence-corrected chi connectivity index (χ3v) is 4.65. The number of rotatable bonds is 5. The van der Waals surface area contributed by atoms with E-state index in [0.29, 0.717) is 28.8 Å². The van der Waals surface area contributed by atoms with Crippen molar-refractivity contribution in [1.82, 2.24) is 9.97 Å². The maximum Gasteiger partial charge on any atom is 0.274 e. The summed E-state index contributed by atoms with van der Waals surface area (Å²) < 4.78 is 10.5. The summed E-state index contributed by atoms with van der Waals surface area (Å²) in [6.45, 7) is 0.792. The molecular formula is C21H20N4O3. The van der Waals surface area contributed by atoms with Gasteiger partial charge in [-0.25, -0.2) is 9.97 Å². The molecule has 0 spiro atoms. The lowest BCUT2D eigenvalue weighted by Crippen LogP contribution is -2.20. The number of hydrogen-bond donors (Lipinski definition) is 1. The number of benzene rings is 2. The molecule has 3 aromatic rings. The molecule has 142 valence electrons. The number of methoxy groups -OCH3 is 2. The van der Waals surface area contributed by atoms with Crippen LogP contribution in [0.1, 0.15) is 16.1 Å². The van der Waals surface area contributed by atoms with Gasteiger partial charge in [-0.3, -0.25) is 4.79 Å². The van der Waals surface area contributed by atoms with E-state index in [2.05, 4.69) is 21.4 Å². The maximum atomic E-state index is 12.7. The van der Waals surface area contributed by atoms with Crippen molar-refractivity contribution in [2.45, 2.75) is 6.42 Å². The lowest BCUT2D eigenvalue weighted by atomic mass is 10.2. The first kappa shape index (κ1) is 17.8. The zero-order valence-corrected chi connectivity index (χ0v) is 15.7. The predicted molar refractivity (Wildman–Crippen MR) is 107 cm³/mol. The van der Waals surface area contributed by atoms with E-state index in [1.54, 1.807) is 44.7 Å². The number of carbonyl (C=O) groups is 1. The lowest BCUT2D eigenvalue weighted by Gasteiger charge is -2.17. The fourth-order valence-corrected chi connectivity index (χ4v) is 3.26. The summed E-state index contributed by atoms with van der Waals surface area (Å²) in [4.78, 5) is 23.6. The van der Waals surface area contributed by atoms with Crippen LogP contribution >= 0.6 is 0 Å². The van der Waals surface area contributed by atoms with Crippen molar-refractivity contribution < 1.29 is 14.3 Å². The Morgan fingerprint density at radius 3 is 2.71 bits per heavy atom. The molecule has 7 heteroatoms. The predicted octanol–water partition coefficient (Wildman–Crippen LogP) is 3.44. The Kier molecular flexibility index (Phi) is 4.80. The highest BCUT2D eigenvalue weighted by molar-refractivity contribution is 6.03. The average molecular weight is 376 g/mol. The molecule has 0 saturated carbocycles. The number of nitrogens with one attached hydrogen (secondary N) is 1. The standard InChI is InChI=1S/C21H20N4O3/c1-27-18-8-7-15(13-19(18)28-2)23-20(26)16-9-11-22-21(24-16)25-12-10-14-5-3-4-6-17(14)25/h3-9,11,13H,10,12H2,1-2H3,(H,23,26). The van der Waals surface area contributed by atoms with Crippen molar-refractivity contribution in [1.29, 1.82) is 0 Å². The number of carbonyl (C=O) groups excluding carboxylic acids is 1. The van der Waals surface area contributed by atoms with Crippen molar-refractivity contribution in [3.63, 3.8) is 0 Å². The molecule has 1 aliphatic rings. The zero-order valence-electron chi connectivity index (χ0n) is 15.7. The molecule has 0 radical (unpaired) electrons. The van der Waals surface area contributed by atoms with E-state index in [-0.39, 0.29) is 5.91 Å². The highest BCUT2D eigenvalue weighted by atomic mass is 16.5. The Hall–Kier alpha value is -3.61. The molecule has 0 unspecified atom stereocenters. The number of anilines is 3. The van der Waals surface area contributed by atoms with E-state index in [4.69, 9.17) is 9.47 Å². The fourth-order valence-electron chi connectivity index (χ4n) is 3.26. The monoisotopic (exact) mass is 376 g/mol. The number of ether oxygens (including phenoxy) is 2. The third-order valence-electron chi connectivity index (χ3n) is 4.65. The highest BCUT2D eigenvalue weighted by Gasteiger charge is 2.22. The van der Waals surface area contributed by atoms with Gasteiger partial charge in [0.2, 0.25) is 5.95 Å². The van der Waals surface area contributed by atoms with Crippen LogP contribution in [0.15, 0.2) is 54.7 Å². The van der Waals surface area contributed by atoms with Crippen LogP contribution in [0, 0.1) is 0 Å². The van der Waals surface area contributed by atoms with E-state index in [1.807, 2.05) is 23.1 Å². The number of fused-ring (bicyclic) bond motifs is 1. The van der Waals surface area contributed by atoms with Gasteiger partial charge in [0.1, 0.15) is 5.69 Å². The summed E-state index contributed by atoms with van der Waals surface area (Å²) >= 11 is 0. The summed E-state index contributed by atoms with van der Waals surface area (Å²) in [5.74, 6) is 1.34. The summed E-state index contributed by atoms with van der Waals surface area (Å²) in [5.41, 5.74) is 3.23. The van der Waals surface area contributed by atoms with Crippen LogP contribution in [0.25, 0.3) is 0 Å². The first-order chi connectivity index (χ1) is 13.7. The zero-order chi connectivity index (χ0) is 19.5. The van der Waals surface area contributed by atoms with E-state index in [1.165, 1.54) is 5.56 Å². The summed E-state index contributed by atoms with van der Waals surface area (Å²) in [5, 5.41) is 2.84. The van der Waals surface area contributed by atoms with Crippen LogP contribution < -0.4 is 19.7 Å². The van der Waals surface area contributed by atoms with Gasteiger partial charge in [-0.05, 0) is 36.2 Å². The van der Waals surface area contributed by atoms with Crippen LogP contribution in [0.4, 0.5) is 17.3 Å². The van der Waals surface area contributed by atoms with Gasteiger partial charge >= 0.3 is 0 Å². The summed E-state index contributed by atoms with van der Waals surface area (Å²) in [6.07, 6.45) is 2.54. The molecule has 7 nitrogen and oxygen atoms in total. The molecule has 1 N–H and O–H groups in total. The summed E-state index contributed by atoms with van der Waals surface area (Å²) in [6, 6.07) is 14.9. The average Bonchev–Trinajstić information content (AvgIpc) is 3.18. The molecule has 2 aromatic carbocycles. The van der Waals surface area contributed by atoms with Gasteiger partial charge < -0.3 is 19.7 Å². The first-order valence-electron chi connectivity index (χ1n) is 8.91. The molecule has 0 fully saturated rings. The van der Waals surface area contributed by atoms with Gasteiger partial charge in [0.25, 0.3) is 5.91 Å². The van der Waals surface area contributed by atoms with Gasteiger partial charge in [0.05, 0.1) is 14.2 Å². The van der Waals surface area contributed by atoms with Gasteiger partial charge in [0.15, 0.2) is 11.5 Å². The van der Waals surface area contributed by atoms with Crippen molar-refractivity contribution in [2.75, 3.05) is 31.0 Å². The second-order valence-corrected chi connectivity index (χ2v) is 6.30. The van der Waals surface area contributed by atoms with Crippen molar-refractivity contribution in [2.24, 2.45) is 0 Å².